The summed E-state index contributed by atoms with van der Waals surface area (Å²) >= 11 is 0. The molecule has 0 bridgehead atoms. The van der Waals surface area contributed by atoms with Crippen LogP contribution in [0, 0.1) is 5.82 Å². The number of hydrogen-bond donors (Lipinski definition) is 2. The van der Waals surface area contributed by atoms with E-state index in [9.17, 15) is 4.39 Å². The molecule has 0 aliphatic heterocycles. The van der Waals surface area contributed by atoms with Gasteiger partial charge in [0.1, 0.15) is 11.6 Å². The van der Waals surface area contributed by atoms with Crippen LogP contribution in [0.3, 0.4) is 0 Å². The lowest BCUT2D eigenvalue weighted by atomic mass is 10.1. The van der Waals surface area contributed by atoms with Crippen molar-refractivity contribution < 1.29 is 9.13 Å². The van der Waals surface area contributed by atoms with Gasteiger partial charge in [-0.15, -0.1) is 0 Å². The summed E-state index contributed by atoms with van der Waals surface area (Å²) in [5, 5.41) is 3.36. The Morgan fingerprint density at radius 2 is 2.06 bits per heavy atom. The van der Waals surface area contributed by atoms with E-state index < -0.39 is 0 Å². The normalized spacial score (nSPS) is 11.5. The minimum Gasteiger partial charge on any atom is -0.491 e. The maximum absolute atomic E-state index is 12.8. The summed E-state index contributed by atoms with van der Waals surface area (Å²) in [6, 6.07) is 4.17. The zero-order chi connectivity index (χ0) is 12.9. The number of hydrogen-bond acceptors (Lipinski definition) is 3. The summed E-state index contributed by atoms with van der Waals surface area (Å²) in [4.78, 5) is 0. The monoisotopic (exact) mass is 240 g/mol. The number of halogens is 1. The summed E-state index contributed by atoms with van der Waals surface area (Å²) in [5.41, 5.74) is 6.09. The molecule has 0 fully saturated rings. The third-order valence-corrected chi connectivity index (χ3v) is 2.21. The Labute approximate surface area is 102 Å². The van der Waals surface area contributed by atoms with E-state index in [1.54, 1.807) is 6.07 Å². The molecule has 3 nitrogen and oxygen atoms in total. The van der Waals surface area contributed by atoms with E-state index >= 15 is 0 Å². The molecule has 4 heteroatoms. The van der Waals surface area contributed by atoms with Crippen LogP contribution in [0.2, 0.25) is 0 Å². The predicted molar refractivity (Wildman–Crippen MR) is 68.7 cm³/mol. The van der Waals surface area contributed by atoms with Crippen LogP contribution >= 0.6 is 0 Å². The molecule has 1 aromatic carbocycles. The lowest BCUT2D eigenvalue weighted by Crippen LogP contribution is -2.36. The molecule has 0 aromatic heterocycles. The predicted octanol–water partition coefficient (Wildman–Crippen LogP) is 2.56. The van der Waals surface area contributed by atoms with Gasteiger partial charge in [-0.1, -0.05) is 0 Å². The molecule has 0 saturated carbocycles. The topological polar surface area (TPSA) is 47.3 Å². The summed E-state index contributed by atoms with van der Waals surface area (Å²) in [6.45, 7) is 7.80. The number of anilines is 1. The zero-order valence-corrected chi connectivity index (χ0v) is 10.7. The third kappa shape index (κ3) is 5.54. The Kier molecular flexibility index (Phi) is 4.75. The van der Waals surface area contributed by atoms with Gasteiger partial charge in [-0.25, -0.2) is 4.39 Å². The van der Waals surface area contributed by atoms with E-state index in [1.807, 2.05) is 0 Å². The highest BCUT2D eigenvalue weighted by molar-refractivity contribution is 5.52. The van der Waals surface area contributed by atoms with Crippen LogP contribution in [0.4, 0.5) is 10.1 Å². The van der Waals surface area contributed by atoms with Crippen molar-refractivity contribution in [3.8, 4) is 5.75 Å². The molecule has 0 aliphatic carbocycles. The van der Waals surface area contributed by atoms with Crippen molar-refractivity contribution in [2.75, 3.05) is 18.9 Å². The number of ether oxygens (including phenoxy) is 1. The van der Waals surface area contributed by atoms with Crippen LogP contribution < -0.4 is 15.8 Å². The fourth-order valence-corrected chi connectivity index (χ4v) is 1.37. The largest absolute Gasteiger partial charge is 0.491 e. The maximum Gasteiger partial charge on any atom is 0.142 e. The van der Waals surface area contributed by atoms with Gasteiger partial charge in [0.25, 0.3) is 0 Å². The zero-order valence-electron chi connectivity index (χ0n) is 10.7. The standard InChI is InChI=1S/C13H21FN2O/c1-13(2,3)16-7-4-8-17-12-6-5-10(14)9-11(12)15/h5-6,9,16H,4,7-8,15H2,1-3H3. The molecule has 17 heavy (non-hydrogen) atoms. The highest BCUT2D eigenvalue weighted by atomic mass is 19.1. The molecule has 0 atom stereocenters. The number of nitrogens with one attached hydrogen (secondary N) is 1. The molecule has 3 N–H and O–H groups in total. The highest BCUT2D eigenvalue weighted by Gasteiger charge is 2.07. The van der Waals surface area contributed by atoms with Crippen LogP contribution in [-0.4, -0.2) is 18.7 Å². The summed E-state index contributed by atoms with van der Waals surface area (Å²) in [6.07, 6.45) is 0.883. The summed E-state index contributed by atoms with van der Waals surface area (Å²) in [7, 11) is 0. The molecule has 0 amide bonds. The average Bonchev–Trinajstić information content (AvgIpc) is 2.18. The molecule has 0 heterocycles. The Morgan fingerprint density at radius 3 is 2.65 bits per heavy atom. The maximum atomic E-state index is 12.8. The van der Waals surface area contributed by atoms with E-state index in [0.29, 0.717) is 18.0 Å². The Morgan fingerprint density at radius 1 is 1.35 bits per heavy atom. The van der Waals surface area contributed by atoms with Gasteiger partial charge in [-0.2, -0.15) is 0 Å². The van der Waals surface area contributed by atoms with Gasteiger partial charge < -0.3 is 15.8 Å². The number of rotatable bonds is 5. The Hall–Kier alpha value is -1.29. The van der Waals surface area contributed by atoms with Crippen molar-refractivity contribution in [3.05, 3.63) is 24.0 Å². The number of nitrogens with two attached hydrogens (primary N) is 1. The van der Waals surface area contributed by atoms with Crippen LogP contribution in [0.15, 0.2) is 18.2 Å². The highest BCUT2D eigenvalue weighted by Crippen LogP contribution is 2.21. The molecular formula is C13H21FN2O. The molecule has 1 aromatic rings. The van der Waals surface area contributed by atoms with Crippen LogP contribution in [0.1, 0.15) is 27.2 Å². The SMILES string of the molecule is CC(C)(C)NCCCOc1ccc(F)cc1N. The number of benzene rings is 1. The third-order valence-electron chi connectivity index (χ3n) is 2.21. The molecule has 0 radical (unpaired) electrons. The summed E-state index contributed by atoms with van der Waals surface area (Å²) in [5.74, 6) is 0.200. The lowest BCUT2D eigenvalue weighted by molar-refractivity contribution is 0.299. The number of nitrogen functional groups attached to an aromatic ring is 1. The Balaban J connectivity index is 2.27. The molecular weight excluding hydrogens is 219 g/mol. The van der Waals surface area contributed by atoms with Gasteiger partial charge in [-0.3, -0.25) is 0 Å². The van der Waals surface area contributed by atoms with Crippen molar-refractivity contribution in [2.45, 2.75) is 32.7 Å². The minimum absolute atomic E-state index is 0.120. The van der Waals surface area contributed by atoms with Crippen LogP contribution in [0.5, 0.6) is 5.75 Å². The fourth-order valence-electron chi connectivity index (χ4n) is 1.37. The Bertz CT molecular complexity index is 361. The van der Waals surface area contributed by atoms with Crippen molar-refractivity contribution in [1.82, 2.24) is 5.32 Å². The first-order chi connectivity index (χ1) is 7.88. The van der Waals surface area contributed by atoms with Gasteiger partial charge in [-0.05, 0) is 45.9 Å². The van der Waals surface area contributed by atoms with Crippen molar-refractivity contribution in [2.24, 2.45) is 0 Å². The molecule has 96 valence electrons. The second kappa shape index (κ2) is 5.87. The average molecular weight is 240 g/mol. The lowest BCUT2D eigenvalue weighted by Gasteiger charge is -2.20. The second-order valence-electron chi connectivity index (χ2n) is 5.06. The van der Waals surface area contributed by atoms with Gasteiger partial charge >= 0.3 is 0 Å². The van der Waals surface area contributed by atoms with Crippen molar-refractivity contribution in [1.29, 1.82) is 0 Å². The molecule has 0 spiro atoms. The van der Waals surface area contributed by atoms with Crippen LogP contribution in [0.25, 0.3) is 0 Å². The molecule has 1 rings (SSSR count). The quantitative estimate of drug-likeness (QED) is 0.614. The second-order valence-corrected chi connectivity index (χ2v) is 5.06. The summed E-state index contributed by atoms with van der Waals surface area (Å²) < 4.78 is 18.3. The van der Waals surface area contributed by atoms with Gasteiger partial charge in [0.2, 0.25) is 0 Å². The van der Waals surface area contributed by atoms with E-state index in [4.69, 9.17) is 10.5 Å². The van der Waals surface area contributed by atoms with E-state index in [2.05, 4.69) is 26.1 Å². The first-order valence-corrected chi connectivity index (χ1v) is 5.81. The van der Waals surface area contributed by atoms with Gasteiger partial charge in [0.05, 0.1) is 12.3 Å². The van der Waals surface area contributed by atoms with Crippen molar-refractivity contribution in [3.63, 3.8) is 0 Å². The van der Waals surface area contributed by atoms with E-state index in [1.165, 1.54) is 12.1 Å². The molecule has 0 saturated heterocycles. The first-order valence-electron chi connectivity index (χ1n) is 5.81. The van der Waals surface area contributed by atoms with E-state index in [0.717, 1.165) is 13.0 Å². The smallest absolute Gasteiger partial charge is 0.142 e. The molecule has 0 unspecified atom stereocenters. The van der Waals surface area contributed by atoms with E-state index in [-0.39, 0.29) is 11.4 Å². The van der Waals surface area contributed by atoms with Crippen molar-refractivity contribution >= 4 is 5.69 Å². The van der Waals surface area contributed by atoms with Crippen LogP contribution in [-0.2, 0) is 0 Å². The molecule has 0 aliphatic rings. The minimum atomic E-state index is -0.343. The van der Waals surface area contributed by atoms with Gasteiger partial charge in [0, 0.05) is 11.6 Å². The van der Waals surface area contributed by atoms with Gasteiger partial charge in [0.15, 0.2) is 0 Å². The first kappa shape index (κ1) is 13.8. The fraction of sp³-hybridized carbons (Fsp3) is 0.538.